The molecule has 1 amide bonds. The van der Waals surface area contributed by atoms with Crippen molar-refractivity contribution in [3.8, 4) is 0 Å². The van der Waals surface area contributed by atoms with Crippen molar-refractivity contribution in [1.82, 2.24) is 19.3 Å². The van der Waals surface area contributed by atoms with Gasteiger partial charge in [-0.15, -0.1) is 0 Å². The molecule has 2 aliphatic heterocycles. The Bertz CT molecular complexity index is 979. The molecule has 3 aromatic rings. The van der Waals surface area contributed by atoms with Crippen LogP contribution in [0.2, 0.25) is 0 Å². The highest BCUT2D eigenvalue weighted by Crippen LogP contribution is 2.35. The first-order valence-electron chi connectivity index (χ1n) is 9.49. The van der Waals surface area contributed by atoms with Gasteiger partial charge in [0.05, 0.1) is 5.56 Å². The lowest BCUT2D eigenvalue weighted by Crippen LogP contribution is -2.33. The van der Waals surface area contributed by atoms with Gasteiger partial charge in [0.1, 0.15) is 12.1 Å². The molecule has 2 aliphatic rings. The summed E-state index contributed by atoms with van der Waals surface area (Å²) in [6.45, 7) is 7.70. The first-order valence-corrected chi connectivity index (χ1v) is 9.49. The minimum atomic E-state index is 0.147. The lowest BCUT2D eigenvalue weighted by Gasteiger charge is -2.23. The van der Waals surface area contributed by atoms with Crippen molar-refractivity contribution >= 4 is 17.2 Å². The van der Waals surface area contributed by atoms with Crippen molar-refractivity contribution in [3.63, 3.8) is 0 Å². The largest absolute Gasteiger partial charge is 0.356 e. The summed E-state index contributed by atoms with van der Waals surface area (Å²) >= 11 is 0. The van der Waals surface area contributed by atoms with E-state index < -0.39 is 0 Å². The molecule has 27 heavy (non-hydrogen) atoms. The number of hydrogen-bond donors (Lipinski definition) is 0. The number of nitrogens with zero attached hydrogens (tertiary/aromatic N) is 5. The number of pyridine rings is 1. The molecule has 5 heterocycles. The maximum Gasteiger partial charge on any atom is 0.255 e. The van der Waals surface area contributed by atoms with E-state index in [1.54, 1.807) is 6.33 Å². The predicted octanol–water partition coefficient (Wildman–Crippen LogP) is 2.55. The van der Waals surface area contributed by atoms with E-state index in [0.29, 0.717) is 11.8 Å². The Morgan fingerprint density at radius 2 is 1.85 bits per heavy atom. The maximum atomic E-state index is 13.0. The van der Waals surface area contributed by atoms with Crippen LogP contribution >= 0.6 is 0 Å². The second kappa shape index (κ2) is 6.08. The van der Waals surface area contributed by atoms with Crippen LogP contribution in [0, 0.1) is 25.7 Å². The van der Waals surface area contributed by atoms with E-state index in [1.807, 2.05) is 52.9 Å². The van der Waals surface area contributed by atoms with Gasteiger partial charge in [-0.1, -0.05) is 6.07 Å². The molecular formula is C21H23N5O. The fraction of sp³-hybridized carbons (Fsp3) is 0.381. The molecular weight excluding hydrogens is 338 g/mol. The van der Waals surface area contributed by atoms with Gasteiger partial charge in [-0.05, 0) is 32.0 Å². The van der Waals surface area contributed by atoms with Crippen molar-refractivity contribution in [2.24, 2.45) is 11.8 Å². The summed E-state index contributed by atoms with van der Waals surface area (Å²) in [7, 11) is 0. The van der Waals surface area contributed by atoms with Crippen molar-refractivity contribution in [2.75, 3.05) is 31.1 Å². The molecule has 2 unspecified atom stereocenters. The second-order valence-electron chi connectivity index (χ2n) is 7.80. The molecule has 2 saturated heterocycles. The summed E-state index contributed by atoms with van der Waals surface area (Å²) < 4.78 is 2.01. The van der Waals surface area contributed by atoms with Crippen molar-refractivity contribution in [2.45, 2.75) is 13.8 Å². The molecule has 0 aliphatic carbocycles. The van der Waals surface area contributed by atoms with Crippen LogP contribution in [0.3, 0.4) is 0 Å². The van der Waals surface area contributed by atoms with Gasteiger partial charge in [0.15, 0.2) is 0 Å². The molecule has 3 aromatic heterocycles. The monoisotopic (exact) mass is 361 g/mol. The van der Waals surface area contributed by atoms with E-state index in [1.165, 1.54) is 0 Å². The summed E-state index contributed by atoms with van der Waals surface area (Å²) in [5, 5.41) is 0. The predicted molar refractivity (Wildman–Crippen MR) is 104 cm³/mol. The topological polar surface area (TPSA) is 53.7 Å². The van der Waals surface area contributed by atoms with Crippen molar-refractivity contribution < 1.29 is 4.79 Å². The molecule has 2 fully saturated rings. The number of likely N-dealkylation sites (tertiary alicyclic amines) is 1. The van der Waals surface area contributed by atoms with Crippen LogP contribution in [0.15, 0.2) is 43.0 Å². The van der Waals surface area contributed by atoms with Crippen molar-refractivity contribution in [1.29, 1.82) is 0 Å². The fourth-order valence-electron chi connectivity index (χ4n) is 4.53. The third-order valence-corrected chi connectivity index (χ3v) is 6.13. The average Bonchev–Trinajstić information content (AvgIpc) is 3.35. The first-order chi connectivity index (χ1) is 13.1. The van der Waals surface area contributed by atoms with E-state index in [9.17, 15) is 4.79 Å². The smallest absolute Gasteiger partial charge is 0.255 e. The fourth-order valence-corrected chi connectivity index (χ4v) is 4.53. The lowest BCUT2D eigenvalue weighted by atomic mass is 10.0. The Balaban J connectivity index is 1.30. The first kappa shape index (κ1) is 16.3. The summed E-state index contributed by atoms with van der Waals surface area (Å²) in [6.07, 6.45) is 5.57. The average molecular weight is 361 g/mol. The standard InChI is InChI=1S/C21H23N5O/c1-14-15(2)22-13-23-20(14)25-9-17-11-26(12-18(17)10-25)21(27)16-7-19-5-3-4-6-24(19)8-16/h3-8,13,17-18H,9-12H2,1-2H3. The number of aromatic nitrogens is 3. The number of carbonyl (C=O) groups is 1. The number of anilines is 1. The zero-order chi connectivity index (χ0) is 18.5. The van der Waals surface area contributed by atoms with Crippen LogP contribution in [-0.4, -0.2) is 51.4 Å². The Morgan fingerprint density at radius 3 is 2.59 bits per heavy atom. The number of amides is 1. The molecule has 0 N–H and O–H groups in total. The molecule has 0 aromatic carbocycles. The third kappa shape index (κ3) is 2.67. The Hall–Kier alpha value is -2.89. The van der Waals surface area contributed by atoms with E-state index in [-0.39, 0.29) is 5.91 Å². The molecule has 0 spiro atoms. The SMILES string of the molecule is Cc1ncnc(N2CC3CN(C(=O)c4cc5ccccn5c4)CC3C2)c1C. The van der Waals surface area contributed by atoms with E-state index >= 15 is 0 Å². The second-order valence-corrected chi connectivity index (χ2v) is 7.80. The Labute approximate surface area is 158 Å². The van der Waals surface area contributed by atoms with E-state index in [0.717, 1.165) is 54.3 Å². The normalized spacial score (nSPS) is 21.9. The van der Waals surface area contributed by atoms with E-state index in [2.05, 4.69) is 21.8 Å². The highest BCUT2D eigenvalue weighted by atomic mass is 16.2. The summed E-state index contributed by atoms with van der Waals surface area (Å²) in [6, 6.07) is 7.98. The van der Waals surface area contributed by atoms with Gasteiger partial charge in [0.2, 0.25) is 0 Å². The maximum absolute atomic E-state index is 13.0. The molecule has 2 atom stereocenters. The van der Waals surface area contributed by atoms with Crippen LogP contribution in [0.4, 0.5) is 5.82 Å². The zero-order valence-electron chi connectivity index (χ0n) is 15.7. The molecule has 0 radical (unpaired) electrons. The number of rotatable bonds is 2. The van der Waals surface area contributed by atoms with Crippen molar-refractivity contribution in [3.05, 3.63) is 59.8 Å². The van der Waals surface area contributed by atoms with Gasteiger partial charge in [-0.3, -0.25) is 4.79 Å². The zero-order valence-corrected chi connectivity index (χ0v) is 15.7. The lowest BCUT2D eigenvalue weighted by molar-refractivity contribution is 0.0782. The molecule has 6 nitrogen and oxygen atoms in total. The van der Waals surface area contributed by atoms with Gasteiger partial charge < -0.3 is 14.2 Å². The number of carbonyl (C=O) groups excluding carboxylic acids is 1. The highest BCUT2D eigenvalue weighted by Gasteiger charge is 2.42. The quantitative estimate of drug-likeness (QED) is 0.704. The minimum Gasteiger partial charge on any atom is -0.356 e. The van der Waals surface area contributed by atoms with Gasteiger partial charge in [-0.25, -0.2) is 9.97 Å². The Kier molecular flexibility index (Phi) is 3.67. The van der Waals surface area contributed by atoms with Crippen LogP contribution in [0.5, 0.6) is 0 Å². The molecule has 0 bridgehead atoms. The number of hydrogen-bond acceptors (Lipinski definition) is 4. The van der Waals surface area contributed by atoms with Crippen LogP contribution in [-0.2, 0) is 0 Å². The van der Waals surface area contributed by atoms with Gasteiger partial charge in [-0.2, -0.15) is 0 Å². The van der Waals surface area contributed by atoms with Crippen LogP contribution in [0.25, 0.3) is 5.52 Å². The number of aryl methyl sites for hydroxylation is 1. The third-order valence-electron chi connectivity index (χ3n) is 6.13. The molecule has 138 valence electrons. The van der Waals surface area contributed by atoms with Gasteiger partial charge in [0, 0.05) is 67.2 Å². The molecule has 6 heteroatoms. The summed E-state index contributed by atoms with van der Waals surface area (Å²) in [5.41, 5.74) is 4.03. The molecule has 5 rings (SSSR count). The van der Waals surface area contributed by atoms with Crippen LogP contribution in [0.1, 0.15) is 21.6 Å². The number of fused-ring (bicyclic) bond motifs is 2. The van der Waals surface area contributed by atoms with Gasteiger partial charge in [0.25, 0.3) is 5.91 Å². The highest BCUT2D eigenvalue weighted by molar-refractivity contribution is 5.95. The summed E-state index contributed by atoms with van der Waals surface area (Å²) in [5.74, 6) is 2.23. The van der Waals surface area contributed by atoms with Gasteiger partial charge >= 0.3 is 0 Å². The Morgan fingerprint density at radius 1 is 1.07 bits per heavy atom. The van der Waals surface area contributed by atoms with E-state index in [4.69, 9.17) is 0 Å². The molecule has 0 saturated carbocycles. The summed E-state index contributed by atoms with van der Waals surface area (Å²) in [4.78, 5) is 26.2. The van der Waals surface area contributed by atoms with Crippen LogP contribution < -0.4 is 4.90 Å². The minimum absolute atomic E-state index is 0.147.